The molecule has 1 N–H and O–H groups in total. The Morgan fingerprint density at radius 3 is 2.90 bits per heavy atom. The lowest BCUT2D eigenvalue weighted by Crippen LogP contribution is -2.18. The minimum absolute atomic E-state index is 0.555. The first-order chi connectivity index (χ1) is 9.69. The van der Waals surface area contributed by atoms with E-state index in [0.29, 0.717) is 18.3 Å². The molecule has 108 valence electrons. The van der Waals surface area contributed by atoms with Gasteiger partial charge in [0, 0.05) is 25.4 Å². The van der Waals surface area contributed by atoms with Crippen molar-refractivity contribution < 1.29 is 4.74 Å². The van der Waals surface area contributed by atoms with E-state index in [1.165, 1.54) is 0 Å². The zero-order chi connectivity index (χ0) is 14.4. The fraction of sp³-hybridized carbons (Fsp3) is 0.500. The highest BCUT2D eigenvalue weighted by molar-refractivity contribution is 5.20. The number of nitrogens with one attached hydrogen (secondary N) is 1. The lowest BCUT2D eigenvalue weighted by atomic mass is 10.2. The number of rotatable bonds is 7. The molecular formula is C14H21N5O. The number of ether oxygens (including phenoxy) is 1. The first kappa shape index (κ1) is 14.5. The number of aromatic nitrogens is 4. The molecule has 2 rings (SSSR count). The molecule has 0 aliphatic heterocycles. The molecule has 20 heavy (non-hydrogen) atoms. The zero-order valence-corrected chi connectivity index (χ0v) is 12.2. The Bertz CT molecular complexity index is 538. The molecular weight excluding hydrogens is 254 g/mol. The van der Waals surface area contributed by atoms with E-state index in [1.807, 2.05) is 16.8 Å². The lowest BCUT2D eigenvalue weighted by Gasteiger charge is -2.09. The molecule has 0 saturated heterocycles. The third-order valence-corrected chi connectivity index (χ3v) is 2.85. The summed E-state index contributed by atoms with van der Waals surface area (Å²) in [5, 5.41) is 7.61. The second-order valence-electron chi connectivity index (χ2n) is 5.06. The summed E-state index contributed by atoms with van der Waals surface area (Å²) in [7, 11) is 1.62. The van der Waals surface area contributed by atoms with Gasteiger partial charge in [0.1, 0.15) is 12.2 Å². The Hall–Kier alpha value is -1.95. The molecule has 6 heteroatoms. The second kappa shape index (κ2) is 7.00. The predicted octanol–water partition coefficient (Wildman–Crippen LogP) is 1.63. The molecule has 0 radical (unpaired) electrons. The molecule has 0 atom stereocenters. The summed E-state index contributed by atoms with van der Waals surface area (Å²) in [6.45, 7) is 6.66. The molecule has 2 aromatic heterocycles. The SMILES string of the molecule is COc1cc(CNCc2ncnn2CC(C)C)ccn1. The Morgan fingerprint density at radius 1 is 1.30 bits per heavy atom. The van der Waals surface area contributed by atoms with Gasteiger partial charge in [0.05, 0.1) is 13.7 Å². The monoisotopic (exact) mass is 275 g/mol. The van der Waals surface area contributed by atoms with E-state index in [9.17, 15) is 0 Å². The van der Waals surface area contributed by atoms with Gasteiger partial charge in [-0.05, 0) is 17.5 Å². The maximum absolute atomic E-state index is 5.10. The second-order valence-corrected chi connectivity index (χ2v) is 5.06. The van der Waals surface area contributed by atoms with Crippen LogP contribution in [-0.2, 0) is 19.6 Å². The summed E-state index contributed by atoms with van der Waals surface area (Å²) in [5.41, 5.74) is 1.13. The maximum Gasteiger partial charge on any atom is 0.213 e. The van der Waals surface area contributed by atoms with Crippen LogP contribution >= 0.6 is 0 Å². The van der Waals surface area contributed by atoms with E-state index in [4.69, 9.17) is 4.74 Å². The Morgan fingerprint density at radius 2 is 2.15 bits per heavy atom. The Labute approximate surface area is 119 Å². The van der Waals surface area contributed by atoms with Gasteiger partial charge in [-0.15, -0.1) is 0 Å². The zero-order valence-electron chi connectivity index (χ0n) is 12.2. The number of methoxy groups -OCH3 is 1. The summed E-state index contributed by atoms with van der Waals surface area (Å²) in [5.74, 6) is 2.15. The van der Waals surface area contributed by atoms with E-state index in [-0.39, 0.29) is 0 Å². The van der Waals surface area contributed by atoms with Gasteiger partial charge in [0.2, 0.25) is 5.88 Å². The van der Waals surface area contributed by atoms with Gasteiger partial charge in [-0.2, -0.15) is 5.10 Å². The van der Waals surface area contributed by atoms with Crippen molar-refractivity contribution in [3.05, 3.63) is 36.0 Å². The molecule has 2 heterocycles. The van der Waals surface area contributed by atoms with Gasteiger partial charge < -0.3 is 10.1 Å². The first-order valence-electron chi connectivity index (χ1n) is 6.75. The smallest absolute Gasteiger partial charge is 0.213 e. The molecule has 0 amide bonds. The number of hydrogen-bond acceptors (Lipinski definition) is 5. The number of pyridine rings is 1. The van der Waals surface area contributed by atoms with Crippen molar-refractivity contribution in [1.82, 2.24) is 25.1 Å². The minimum Gasteiger partial charge on any atom is -0.481 e. The van der Waals surface area contributed by atoms with Crippen LogP contribution in [0.25, 0.3) is 0 Å². The van der Waals surface area contributed by atoms with Gasteiger partial charge >= 0.3 is 0 Å². The standard InChI is InChI=1S/C14H21N5O/c1-11(2)9-19-13(17-10-18-19)8-15-7-12-4-5-16-14(6-12)20-3/h4-6,10-11,15H,7-9H2,1-3H3. The summed E-state index contributed by atoms with van der Waals surface area (Å²) >= 11 is 0. The molecule has 6 nitrogen and oxygen atoms in total. The van der Waals surface area contributed by atoms with Gasteiger partial charge in [-0.3, -0.25) is 0 Å². The summed E-state index contributed by atoms with van der Waals surface area (Å²) < 4.78 is 7.05. The molecule has 2 aromatic rings. The maximum atomic E-state index is 5.10. The Kier molecular flexibility index (Phi) is 5.06. The molecule has 0 saturated carbocycles. The van der Waals surface area contributed by atoms with Crippen molar-refractivity contribution in [3.63, 3.8) is 0 Å². The van der Waals surface area contributed by atoms with Crippen molar-refractivity contribution in [2.75, 3.05) is 7.11 Å². The van der Waals surface area contributed by atoms with Crippen LogP contribution in [0.3, 0.4) is 0 Å². The number of nitrogens with zero attached hydrogens (tertiary/aromatic N) is 4. The van der Waals surface area contributed by atoms with Crippen LogP contribution in [0.4, 0.5) is 0 Å². The molecule has 0 fully saturated rings. The van der Waals surface area contributed by atoms with E-state index in [0.717, 1.165) is 24.5 Å². The summed E-state index contributed by atoms with van der Waals surface area (Å²) in [6, 6.07) is 3.89. The van der Waals surface area contributed by atoms with Crippen molar-refractivity contribution >= 4 is 0 Å². The average molecular weight is 275 g/mol. The topological polar surface area (TPSA) is 64.9 Å². The van der Waals surface area contributed by atoms with Crippen LogP contribution in [0.5, 0.6) is 5.88 Å². The predicted molar refractivity (Wildman–Crippen MR) is 76.2 cm³/mol. The average Bonchev–Trinajstić information content (AvgIpc) is 2.86. The van der Waals surface area contributed by atoms with Crippen LogP contribution in [-0.4, -0.2) is 26.9 Å². The van der Waals surface area contributed by atoms with E-state index >= 15 is 0 Å². The highest BCUT2D eigenvalue weighted by Gasteiger charge is 2.05. The molecule has 0 aromatic carbocycles. The largest absolute Gasteiger partial charge is 0.481 e. The van der Waals surface area contributed by atoms with Crippen LogP contribution < -0.4 is 10.1 Å². The van der Waals surface area contributed by atoms with Crippen molar-refractivity contribution in [3.8, 4) is 5.88 Å². The molecule has 0 bridgehead atoms. The van der Waals surface area contributed by atoms with Gasteiger partial charge in [-0.1, -0.05) is 13.8 Å². The highest BCUT2D eigenvalue weighted by atomic mass is 16.5. The molecule has 0 spiro atoms. The van der Waals surface area contributed by atoms with E-state index in [1.54, 1.807) is 19.6 Å². The van der Waals surface area contributed by atoms with Crippen LogP contribution in [0.2, 0.25) is 0 Å². The summed E-state index contributed by atoms with van der Waals surface area (Å²) in [6.07, 6.45) is 3.35. The Balaban J connectivity index is 1.88. The summed E-state index contributed by atoms with van der Waals surface area (Å²) in [4.78, 5) is 8.37. The van der Waals surface area contributed by atoms with Gasteiger partial charge in [0.25, 0.3) is 0 Å². The van der Waals surface area contributed by atoms with Crippen molar-refractivity contribution in [2.24, 2.45) is 5.92 Å². The van der Waals surface area contributed by atoms with Gasteiger partial charge in [-0.25, -0.2) is 14.6 Å². The van der Waals surface area contributed by atoms with Gasteiger partial charge in [0.15, 0.2) is 0 Å². The third-order valence-electron chi connectivity index (χ3n) is 2.85. The van der Waals surface area contributed by atoms with Crippen LogP contribution in [0.1, 0.15) is 25.2 Å². The molecule has 0 unspecified atom stereocenters. The first-order valence-corrected chi connectivity index (χ1v) is 6.75. The van der Waals surface area contributed by atoms with Crippen molar-refractivity contribution in [1.29, 1.82) is 0 Å². The normalized spacial score (nSPS) is 11.0. The lowest BCUT2D eigenvalue weighted by molar-refractivity contribution is 0.397. The van der Waals surface area contributed by atoms with Crippen LogP contribution in [0.15, 0.2) is 24.7 Å². The van der Waals surface area contributed by atoms with E-state index in [2.05, 4.69) is 34.2 Å². The highest BCUT2D eigenvalue weighted by Crippen LogP contribution is 2.08. The third kappa shape index (κ3) is 4.03. The fourth-order valence-electron chi connectivity index (χ4n) is 1.91. The van der Waals surface area contributed by atoms with Crippen LogP contribution in [0, 0.1) is 5.92 Å². The fourth-order valence-corrected chi connectivity index (χ4v) is 1.91. The van der Waals surface area contributed by atoms with E-state index < -0.39 is 0 Å². The quantitative estimate of drug-likeness (QED) is 0.832. The molecule has 0 aliphatic carbocycles. The molecule has 0 aliphatic rings. The minimum atomic E-state index is 0.555. The van der Waals surface area contributed by atoms with Crippen molar-refractivity contribution in [2.45, 2.75) is 33.5 Å². The number of hydrogen-bond donors (Lipinski definition) is 1.